The lowest BCUT2D eigenvalue weighted by Gasteiger charge is -2.31. The van der Waals surface area contributed by atoms with Crippen LogP contribution in [0, 0.1) is 6.92 Å². The second kappa shape index (κ2) is 5.63. The van der Waals surface area contributed by atoms with Crippen molar-refractivity contribution in [1.82, 2.24) is 15.1 Å². The first-order valence-electron chi connectivity index (χ1n) is 6.87. The first-order chi connectivity index (χ1) is 9.63. The number of piperidine rings is 1. The van der Waals surface area contributed by atoms with E-state index in [-0.39, 0.29) is 5.88 Å². The molecule has 3 rings (SSSR count). The molecule has 1 aliphatic rings. The summed E-state index contributed by atoms with van der Waals surface area (Å²) in [5.41, 5.74) is 3.78. The van der Waals surface area contributed by atoms with Gasteiger partial charge in [0.15, 0.2) is 11.1 Å². The van der Waals surface area contributed by atoms with Crippen LogP contribution in [0.3, 0.4) is 0 Å². The normalized spacial score (nSPS) is 19.5. The van der Waals surface area contributed by atoms with Crippen LogP contribution in [0.15, 0.2) is 18.3 Å². The summed E-state index contributed by atoms with van der Waals surface area (Å²) in [5.74, 6) is 0.803. The average Bonchev–Trinajstić information content (AvgIpc) is 2.85. The van der Waals surface area contributed by atoms with Crippen LogP contribution >= 0.6 is 0 Å². The molecule has 108 valence electrons. The Bertz CT molecular complexity index is 632. The third-order valence-electron chi connectivity index (χ3n) is 4.15. The fourth-order valence-corrected chi connectivity index (χ4v) is 3.66. The molecule has 20 heavy (non-hydrogen) atoms. The molecule has 2 heterocycles. The Hall–Kier alpha value is -1.24. The number of H-pyrrole nitrogens is 1. The molecule has 1 aromatic heterocycles. The SMILES string of the molecule is Cc1cc2cn[nH]c2cc1C1CCN(CS(=O)O)CC1. The highest BCUT2D eigenvalue weighted by Crippen LogP contribution is 2.32. The zero-order valence-corrected chi connectivity index (χ0v) is 12.3. The maximum atomic E-state index is 10.8. The topological polar surface area (TPSA) is 69.2 Å². The van der Waals surface area contributed by atoms with Crippen LogP contribution in [0.5, 0.6) is 0 Å². The van der Waals surface area contributed by atoms with Crippen LogP contribution in [0.1, 0.15) is 29.9 Å². The summed E-state index contributed by atoms with van der Waals surface area (Å²) < 4.78 is 19.8. The molecule has 0 spiro atoms. The maximum absolute atomic E-state index is 10.8. The lowest BCUT2D eigenvalue weighted by Crippen LogP contribution is -2.35. The van der Waals surface area contributed by atoms with Crippen LogP contribution in [-0.2, 0) is 11.1 Å². The molecule has 1 unspecified atom stereocenters. The summed E-state index contributed by atoms with van der Waals surface area (Å²) in [4.78, 5) is 2.07. The quantitative estimate of drug-likeness (QED) is 0.852. The molecular weight excluding hydrogens is 274 g/mol. The van der Waals surface area contributed by atoms with Crippen LogP contribution in [0.2, 0.25) is 0 Å². The van der Waals surface area contributed by atoms with Crippen molar-refractivity contribution in [1.29, 1.82) is 0 Å². The zero-order chi connectivity index (χ0) is 14.1. The number of hydrogen-bond acceptors (Lipinski definition) is 3. The van der Waals surface area contributed by atoms with E-state index in [9.17, 15) is 4.21 Å². The van der Waals surface area contributed by atoms with E-state index >= 15 is 0 Å². The van der Waals surface area contributed by atoms with Gasteiger partial charge in [-0.15, -0.1) is 0 Å². The molecule has 1 atom stereocenters. The first-order valence-corrected chi connectivity index (χ1v) is 8.14. The number of hydrogen-bond donors (Lipinski definition) is 2. The minimum absolute atomic E-state index is 0.269. The molecular formula is C14H19N3O2S. The number of aromatic amines is 1. The van der Waals surface area contributed by atoms with Crippen molar-refractivity contribution in [3.05, 3.63) is 29.5 Å². The molecule has 1 saturated heterocycles. The van der Waals surface area contributed by atoms with Gasteiger partial charge in [0.25, 0.3) is 0 Å². The Kier molecular flexibility index (Phi) is 3.87. The van der Waals surface area contributed by atoms with E-state index in [1.807, 2.05) is 6.20 Å². The Morgan fingerprint density at radius 2 is 2.20 bits per heavy atom. The monoisotopic (exact) mass is 293 g/mol. The molecule has 5 nitrogen and oxygen atoms in total. The predicted molar refractivity (Wildman–Crippen MR) is 80.0 cm³/mol. The van der Waals surface area contributed by atoms with E-state index in [1.165, 1.54) is 11.1 Å². The van der Waals surface area contributed by atoms with E-state index in [4.69, 9.17) is 4.55 Å². The molecule has 0 saturated carbocycles. The average molecular weight is 293 g/mol. The molecule has 0 bridgehead atoms. The standard InChI is InChI=1S/C14H19N3O2S/c1-10-6-12-8-15-16-14(12)7-13(10)11-2-4-17(5-3-11)9-20(18)19/h6-8,11H,2-5,9H2,1H3,(H,15,16)(H,18,19). The second-order valence-corrected chi connectivity index (χ2v) is 6.41. The molecule has 6 heteroatoms. The molecule has 2 N–H and O–H groups in total. The van der Waals surface area contributed by atoms with Crippen molar-refractivity contribution in [2.24, 2.45) is 0 Å². The Morgan fingerprint density at radius 3 is 2.90 bits per heavy atom. The summed E-state index contributed by atoms with van der Waals surface area (Å²) in [7, 11) is 0. The van der Waals surface area contributed by atoms with Gasteiger partial charge in [0.05, 0.1) is 11.7 Å². The lowest BCUT2D eigenvalue weighted by atomic mass is 9.86. The van der Waals surface area contributed by atoms with Crippen molar-refractivity contribution in [2.75, 3.05) is 19.0 Å². The number of aromatic nitrogens is 2. The second-order valence-electron chi connectivity index (χ2n) is 5.51. The summed E-state index contributed by atoms with van der Waals surface area (Å²) in [5, 5.41) is 8.26. The van der Waals surface area contributed by atoms with Crippen LogP contribution in [0.25, 0.3) is 10.9 Å². The molecule has 0 radical (unpaired) electrons. The summed E-state index contributed by atoms with van der Waals surface area (Å²) in [6, 6.07) is 4.39. The van der Waals surface area contributed by atoms with Gasteiger partial charge < -0.3 is 4.55 Å². The largest absolute Gasteiger partial charge is 0.305 e. The lowest BCUT2D eigenvalue weighted by molar-refractivity contribution is 0.240. The molecule has 0 amide bonds. The number of likely N-dealkylation sites (tertiary alicyclic amines) is 1. The van der Waals surface area contributed by atoms with Gasteiger partial charge in [-0.25, -0.2) is 4.21 Å². The first kappa shape index (κ1) is 13.7. The highest BCUT2D eigenvalue weighted by atomic mass is 32.2. The van der Waals surface area contributed by atoms with Gasteiger partial charge in [-0.1, -0.05) is 0 Å². The number of rotatable bonds is 3. The van der Waals surface area contributed by atoms with Gasteiger partial charge in [0.1, 0.15) is 5.88 Å². The van der Waals surface area contributed by atoms with Crippen molar-refractivity contribution >= 4 is 22.0 Å². The van der Waals surface area contributed by atoms with E-state index in [0.717, 1.165) is 36.8 Å². The Morgan fingerprint density at radius 1 is 1.45 bits per heavy atom. The van der Waals surface area contributed by atoms with Gasteiger partial charge in [-0.2, -0.15) is 5.10 Å². The molecule has 1 fully saturated rings. The third kappa shape index (κ3) is 2.77. The van der Waals surface area contributed by atoms with E-state index in [0.29, 0.717) is 5.92 Å². The van der Waals surface area contributed by atoms with E-state index in [1.54, 1.807) is 0 Å². The number of nitrogens with zero attached hydrogens (tertiary/aromatic N) is 2. The third-order valence-corrected chi connectivity index (χ3v) is 4.73. The van der Waals surface area contributed by atoms with E-state index in [2.05, 4.69) is 34.2 Å². The maximum Gasteiger partial charge on any atom is 0.167 e. The fraction of sp³-hybridized carbons (Fsp3) is 0.500. The van der Waals surface area contributed by atoms with Crippen molar-refractivity contribution in [2.45, 2.75) is 25.7 Å². The van der Waals surface area contributed by atoms with Crippen LogP contribution in [0.4, 0.5) is 0 Å². The van der Waals surface area contributed by atoms with Crippen molar-refractivity contribution in [3.8, 4) is 0 Å². The van der Waals surface area contributed by atoms with Crippen LogP contribution < -0.4 is 0 Å². The zero-order valence-electron chi connectivity index (χ0n) is 11.5. The number of fused-ring (bicyclic) bond motifs is 1. The van der Waals surface area contributed by atoms with Crippen molar-refractivity contribution in [3.63, 3.8) is 0 Å². The van der Waals surface area contributed by atoms with E-state index < -0.39 is 11.1 Å². The highest BCUT2D eigenvalue weighted by Gasteiger charge is 2.23. The molecule has 2 aromatic rings. The number of benzene rings is 1. The van der Waals surface area contributed by atoms with Crippen LogP contribution in [-0.4, -0.2) is 42.8 Å². The van der Waals surface area contributed by atoms with Gasteiger partial charge in [0, 0.05) is 5.39 Å². The summed E-state index contributed by atoms with van der Waals surface area (Å²) >= 11 is -1.72. The van der Waals surface area contributed by atoms with Gasteiger partial charge in [-0.3, -0.25) is 10.00 Å². The Labute approximate surface area is 120 Å². The number of nitrogens with one attached hydrogen (secondary N) is 1. The molecule has 0 aliphatic carbocycles. The number of aryl methyl sites for hydroxylation is 1. The molecule has 1 aromatic carbocycles. The van der Waals surface area contributed by atoms with Gasteiger partial charge >= 0.3 is 0 Å². The minimum atomic E-state index is -1.72. The molecule has 1 aliphatic heterocycles. The minimum Gasteiger partial charge on any atom is -0.305 e. The summed E-state index contributed by atoms with van der Waals surface area (Å²) in [6.45, 7) is 3.92. The van der Waals surface area contributed by atoms with Gasteiger partial charge in [0.2, 0.25) is 0 Å². The smallest absolute Gasteiger partial charge is 0.167 e. The fourth-order valence-electron chi connectivity index (χ4n) is 3.09. The predicted octanol–water partition coefficient (Wildman–Crippen LogP) is 2.23. The van der Waals surface area contributed by atoms with Crippen molar-refractivity contribution < 1.29 is 8.76 Å². The summed E-state index contributed by atoms with van der Waals surface area (Å²) in [6.07, 6.45) is 3.93. The Balaban J connectivity index is 1.76. The van der Waals surface area contributed by atoms with Gasteiger partial charge in [-0.05, 0) is 62.0 Å². The highest BCUT2D eigenvalue weighted by molar-refractivity contribution is 7.79.